The number of nitrogens with one attached hydrogen (secondary N) is 3. The minimum absolute atomic E-state index is 0.0760. The molecule has 3 N–H and O–H groups in total. The van der Waals surface area contributed by atoms with E-state index in [1.54, 1.807) is 7.11 Å². The SMILES string of the molecule is COCCC1CCCN1CCNC(=O)c1c(-c2cc3cc(Cl)ccc3[nH]2)[nH]c2cc(Br)ccc12. The Morgan fingerprint density at radius 3 is 2.94 bits per heavy atom. The Labute approximate surface area is 212 Å². The third-order valence-corrected chi connectivity index (χ3v) is 7.41. The summed E-state index contributed by atoms with van der Waals surface area (Å²) in [4.78, 5) is 22.8. The summed E-state index contributed by atoms with van der Waals surface area (Å²) >= 11 is 9.73. The Morgan fingerprint density at radius 1 is 1.21 bits per heavy atom. The van der Waals surface area contributed by atoms with Crippen molar-refractivity contribution in [2.75, 3.05) is 33.4 Å². The summed E-state index contributed by atoms with van der Waals surface area (Å²) in [7, 11) is 1.75. The van der Waals surface area contributed by atoms with Gasteiger partial charge >= 0.3 is 0 Å². The van der Waals surface area contributed by atoms with E-state index in [4.69, 9.17) is 16.3 Å². The van der Waals surface area contributed by atoms with Gasteiger partial charge in [0, 0.05) is 64.1 Å². The van der Waals surface area contributed by atoms with E-state index in [0.717, 1.165) is 63.8 Å². The van der Waals surface area contributed by atoms with E-state index >= 15 is 0 Å². The van der Waals surface area contributed by atoms with Crippen molar-refractivity contribution < 1.29 is 9.53 Å². The van der Waals surface area contributed by atoms with Crippen molar-refractivity contribution in [3.05, 3.63) is 57.5 Å². The second-order valence-electron chi connectivity index (χ2n) is 8.85. The number of H-pyrrole nitrogens is 2. The van der Waals surface area contributed by atoms with Crippen molar-refractivity contribution in [3.8, 4) is 11.4 Å². The standard InChI is InChI=1S/C26H28BrClN4O2/c1-34-12-8-19-3-2-10-32(19)11-9-29-26(33)24-20-6-4-17(27)15-22(20)31-25(24)23-14-16-13-18(28)5-7-21(16)30-23/h4-7,13-15,19,30-31H,2-3,8-12H2,1H3,(H,29,33). The molecule has 3 heterocycles. The molecule has 0 radical (unpaired) electrons. The van der Waals surface area contributed by atoms with Crippen LogP contribution in [0.4, 0.5) is 0 Å². The molecule has 1 fully saturated rings. The quantitative estimate of drug-likeness (QED) is 0.257. The van der Waals surface area contributed by atoms with Crippen LogP contribution < -0.4 is 5.32 Å². The summed E-state index contributed by atoms with van der Waals surface area (Å²) in [5, 5.41) is 5.75. The maximum absolute atomic E-state index is 13.5. The van der Waals surface area contributed by atoms with E-state index in [1.165, 1.54) is 12.8 Å². The molecule has 8 heteroatoms. The number of aromatic nitrogens is 2. The minimum Gasteiger partial charge on any atom is -0.385 e. The first-order valence-corrected chi connectivity index (χ1v) is 12.8. The molecule has 5 rings (SSSR count). The zero-order valence-corrected chi connectivity index (χ0v) is 21.4. The maximum atomic E-state index is 13.5. The molecule has 1 amide bonds. The molecular formula is C26H28BrClN4O2. The van der Waals surface area contributed by atoms with Crippen LogP contribution in [0.1, 0.15) is 29.6 Å². The van der Waals surface area contributed by atoms with Crippen LogP contribution in [0, 0.1) is 0 Å². The van der Waals surface area contributed by atoms with E-state index in [9.17, 15) is 4.79 Å². The van der Waals surface area contributed by atoms with Crippen LogP contribution in [0.25, 0.3) is 33.2 Å². The number of rotatable bonds is 8. The molecule has 2 aromatic heterocycles. The molecule has 1 atom stereocenters. The number of carbonyl (C=O) groups excluding carboxylic acids is 1. The van der Waals surface area contributed by atoms with Crippen LogP contribution in [0.15, 0.2) is 46.9 Å². The normalized spacial score (nSPS) is 16.6. The average Bonchev–Trinajstić information content (AvgIpc) is 3.53. The van der Waals surface area contributed by atoms with Gasteiger partial charge in [-0.05, 0) is 62.2 Å². The van der Waals surface area contributed by atoms with Gasteiger partial charge in [0.25, 0.3) is 5.91 Å². The van der Waals surface area contributed by atoms with Gasteiger partial charge in [-0.15, -0.1) is 0 Å². The highest BCUT2D eigenvalue weighted by Crippen LogP contribution is 2.33. The fourth-order valence-electron chi connectivity index (χ4n) is 5.02. The Balaban J connectivity index is 1.40. The number of aromatic amines is 2. The van der Waals surface area contributed by atoms with Gasteiger partial charge in [0.2, 0.25) is 0 Å². The number of fused-ring (bicyclic) bond motifs is 2. The van der Waals surface area contributed by atoms with Crippen LogP contribution in [0.3, 0.4) is 0 Å². The van der Waals surface area contributed by atoms with Gasteiger partial charge in [0.15, 0.2) is 0 Å². The highest BCUT2D eigenvalue weighted by atomic mass is 79.9. The number of nitrogens with zero attached hydrogens (tertiary/aromatic N) is 1. The Bertz CT molecular complexity index is 1330. The molecular weight excluding hydrogens is 516 g/mol. The van der Waals surface area contributed by atoms with Crippen molar-refractivity contribution in [2.24, 2.45) is 0 Å². The zero-order valence-electron chi connectivity index (χ0n) is 19.1. The summed E-state index contributed by atoms with van der Waals surface area (Å²) in [5.74, 6) is -0.0760. The molecule has 0 bridgehead atoms. The highest BCUT2D eigenvalue weighted by molar-refractivity contribution is 9.10. The molecule has 0 aliphatic carbocycles. The molecule has 0 saturated carbocycles. The molecule has 2 aromatic carbocycles. The Kier molecular flexibility index (Phi) is 6.97. The van der Waals surface area contributed by atoms with E-state index in [0.29, 0.717) is 23.2 Å². The van der Waals surface area contributed by atoms with Gasteiger partial charge in [-0.25, -0.2) is 0 Å². The minimum atomic E-state index is -0.0760. The van der Waals surface area contributed by atoms with Crippen LogP contribution in [0.5, 0.6) is 0 Å². The molecule has 34 heavy (non-hydrogen) atoms. The number of hydrogen-bond acceptors (Lipinski definition) is 3. The summed E-state index contributed by atoms with van der Waals surface area (Å²) < 4.78 is 6.22. The molecule has 1 saturated heterocycles. The zero-order chi connectivity index (χ0) is 23.7. The maximum Gasteiger partial charge on any atom is 0.254 e. The summed E-state index contributed by atoms with van der Waals surface area (Å²) in [6.45, 7) is 3.30. The predicted molar refractivity (Wildman–Crippen MR) is 142 cm³/mol. The molecule has 1 aliphatic heterocycles. The Morgan fingerprint density at radius 2 is 2.09 bits per heavy atom. The van der Waals surface area contributed by atoms with E-state index in [1.807, 2.05) is 42.5 Å². The molecule has 6 nitrogen and oxygen atoms in total. The third-order valence-electron chi connectivity index (χ3n) is 6.68. The lowest BCUT2D eigenvalue weighted by atomic mass is 10.1. The lowest BCUT2D eigenvalue weighted by Crippen LogP contribution is -2.38. The molecule has 1 aliphatic rings. The highest BCUT2D eigenvalue weighted by Gasteiger charge is 2.25. The number of likely N-dealkylation sites (tertiary alicyclic amines) is 1. The fraction of sp³-hybridized carbons (Fsp3) is 0.346. The number of halogens is 2. The number of amides is 1. The van der Waals surface area contributed by atoms with Gasteiger partial charge < -0.3 is 20.0 Å². The third kappa shape index (κ3) is 4.75. The number of benzene rings is 2. The second kappa shape index (κ2) is 10.1. The topological polar surface area (TPSA) is 73.2 Å². The fourth-order valence-corrected chi connectivity index (χ4v) is 5.56. The molecule has 1 unspecified atom stereocenters. The van der Waals surface area contributed by atoms with Crippen LogP contribution >= 0.6 is 27.5 Å². The van der Waals surface area contributed by atoms with Gasteiger partial charge in [-0.1, -0.05) is 33.6 Å². The van der Waals surface area contributed by atoms with Crippen LogP contribution in [-0.4, -0.2) is 60.2 Å². The Hall–Kier alpha value is -2.32. The lowest BCUT2D eigenvalue weighted by Gasteiger charge is -2.24. The number of hydrogen-bond donors (Lipinski definition) is 3. The average molecular weight is 544 g/mol. The van der Waals surface area contributed by atoms with Gasteiger partial charge in [0.05, 0.1) is 17.0 Å². The van der Waals surface area contributed by atoms with Crippen LogP contribution in [0.2, 0.25) is 5.02 Å². The first-order valence-electron chi connectivity index (χ1n) is 11.6. The van der Waals surface area contributed by atoms with Crippen LogP contribution in [-0.2, 0) is 4.74 Å². The monoisotopic (exact) mass is 542 g/mol. The molecule has 0 spiro atoms. The summed E-state index contributed by atoms with van der Waals surface area (Å²) in [6.07, 6.45) is 3.44. The number of carbonyl (C=O) groups is 1. The first kappa shape index (κ1) is 23.4. The summed E-state index contributed by atoms with van der Waals surface area (Å²) in [6, 6.07) is 14.3. The van der Waals surface area contributed by atoms with Gasteiger partial charge in [-0.3, -0.25) is 9.69 Å². The van der Waals surface area contributed by atoms with E-state index in [2.05, 4.69) is 36.1 Å². The van der Waals surface area contributed by atoms with Gasteiger partial charge in [0.1, 0.15) is 0 Å². The van der Waals surface area contributed by atoms with Crippen molar-refractivity contribution >= 4 is 55.2 Å². The number of methoxy groups -OCH3 is 1. The van der Waals surface area contributed by atoms with E-state index in [-0.39, 0.29) is 5.91 Å². The summed E-state index contributed by atoms with van der Waals surface area (Å²) in [5.41, 5.74) is 4.16. The smallest absolute Gasteiger partial charge is 0.254 e. The lowest BCUT2D eigenvalue weighted by molar-refractivity contribution is 0.0946. The van der Waals surface area contributed by atoms with Crippen molar-refractivity contribution in [2.45, 2.75) is 25.3 Å². The van der Waals surface area contributed by atoms with Crippen molar-refractivity contribution in [1.82, 2.24) is 20.2 Å². The van der Waals surface area contributed by atoms with Crippen molar-refractivity contribution in [1.29, 1.82) is 0 Å². The second-order valence-corrected chi connectivity index (χ2v) is 10.2. The first-order chi connectivity index (χ1) is 16.5. The number of ether oxygens (including phenoxy) is 1. The van der Waals surface area contributed by atoms with Crippen molar-refractivity contribution in [3.63, 3.8) is 0 Å². The van der Waals surface area contributed by atoms with Gasteiger partial charge in [-0.2, -0.15) is 0 Å². The molecule has 4 aromatic rings. The molecule has 178 valence electrons. The largest absolute Gasteiger partial charge is 0.385 e. The van der Waals surface area contributed by atoms with E-state index < -0.39 is 0 Å². The predicted octanol–water partition coefficient (Wildman–Crippen LogP) is 5.96.